The molecule has 2 amide bonds. The van der Waals surface area contributed by atoms with Crippen molar-refractivity contribution in [1.29, 1.82) is 0 Å². The zero-order chi connectivity index (χ0) is 18.4. The van der Waals surface area contributed by atoms with Crippen LogP contribution >= 0.6 is 0 Å². The van der Waals surface area contributed by atoms with Gasteiger partial charge in [0.1, 0.15) is 5.60 Å². The van der Waals surface area contributed by atoms with E-state index in [1.165, 1.54) is 0 Å². The summed E-state index contributed by atoms with van der Waals surface area (Å²) in [6.45, 7) is 7.76. The molecule has 25 heavy (non-hydrogen) atoms. The van der Waals surface area contributed by atoms with Gasteiger partial charge in [0, 0.05) is 37.9 Å². The van der Waals surface area contributed by atoms with Crippen molar-refractivity contribution in [2.24, 2.45) is 0 Å². The molecule has 0 unspecified atom stereocenters. The molecule has 1 saturated heterocycles. The Bertz CT molecular complexity index is 632. The minimum Gasteiger partial charge on any atom is -0.444 e. The van der Waals surface area contributed by atoms with Gasteiger partial charge in [-0.3, -0.25) is 4.79 Å². The number of benzene rings is 1. The van der Waals surface area contributed by atoms with Gasteiger partial charge in [0.25, 0.3) is 0 Å². The van der Waals surface area contributed by atoms with Gasteiger partial charge in [-0.05, 0) is 51.0 Å². The van der Waals surface area contributed by atoms with Gasteiger partial charge in [-0.1, -0.05) is 12.1 Å². The number of nitrogen functional groups attached to an aromatic ring is 1. The first-order chi connectivity index (χ1) is 11.7. The quantitative estimate of drug-likeness (QED) is 0.660. The first kappa shape index (κ1) is 18.8. The zero-order valence-corrected chi connectivity index (χ0v) is 15.2. The molecule has 1 aromatic rings. The second kappa shape index (κ2) is 8.05. The van der Waals surface area contributed by atoms with E-state index in [4.69, 9.17) is 10.5 Å². The van der Waals surface area contributed by atoms with Crippen molar-refractivity contribution in [2.75, 3.05) is 31.9 Å². The molecule has 2 rings (SSSR count). The molecule has 6 heteroatoms. The van der Waals surface area contributed by atoms with Crippen LogP contribution in [0.4, 0.5) is 10.5 Å². The molecule has 0 saturated carbocycles. The zero-order valence-electron chi connectivity index (χ0n) is 15.2. The van der Waals surface area contributed by atoms with Gasteiger partial charge in [-0.25, -0.2) is 4.79 Å². The lowest BCUT2D eigenvalue weighted by Crippen LogP contribution is -2.39. The average molecular weight is 345 g/mol. The molecular weight excluding hydrogens is 318 g/mol. The molecule has 1 aromatic carbocycles. The Morgan fingerprint density at radius 2 is 1.64 bits per heavy atom. The topological polar surface area (TPSA) is 75.9 Å². The van der Waals surface area contributed by atoms with Gasteiger partial charge in [0.2, 0.25) is 5.91 Å². The third-order valence-electron chi connectivity index (χ3n) is 3.81. The summed E-state index contributed by atoms with van der Waals surface area (Å²) in [6, 6.07) is 7.33. The van der Waals surface area contributed by atoms with Crippen molar-refractivity contribution in [3.63, 3.8) is 0 Å². The summed E-state index contributed by atoms with van der Waals surface area (Å²) < 4.78 is 5.40. The number of carbonyl (C=O) groups is 2. The SMILES string of the molecule is CC(C)(C)OC(=O)N1CCCN(C(=O)/C=C/c2ccc(N)cc2)CC1. The summed E-state index contributed by atoms with van der Waals surface area (Å²) in [5, 5.41) is 0. The molecular formula is C19H27N3O3. The number of amides is 2. The summed E-state index contributed by atoms with van der Waals surface area (Å²) in [7, 11) is 0. The Balaban J connectivity index is 1.90. The van der Waals surface area contributed by atoms with E-state index < -0.39 is 5.60 Å². The van der Waals surface area contributed by atoms with Gasteiger partial charge >= 0.3 is 6.09 Å². The van der Waals surface area contributed by atoms with Crippen LogP contribution in [0.5, 0.6) is 0 Å². The van der Waals surface area contributed by atoms with Crippen molar-refractivity contribution in [1.82, 2.24) is 9.80 Å². The van der Waals surface area contributed by atoms with Crippen molar-refractivity contribution >= 4 is 23.8 Å². The predicted octanol–water partition coefficient (Wildman–Crippen LogP) is 2.75. The lowest BCUT2D eigenvalue weighted by Gasteiger charge is -2.26. The molecule has 1 aliphatic rings. The van der Waals surface area contributed by atoms with Crippen LogP contribution in [0.15, 0.2) is 30.3 Å². The Hall–Kier alpha value is -2.50. The molecule has 0 atom stereocenters. The van der Waals surface area contributed by atoms with Crippen LogP contribution in [0.2, 0.25) is 0 Å². The maximum Gasteiger partial charge on any atom is 0.410 e. The highest BCUT2D eigenvalue weighted by molar-refractivity contribution is 5.91. The average Bonchev–Trinajstić information content (AvgIpc) is 2.78. The lowest BCUT2D eigenvalue weighted by atomic mass is 10.2. The predicted molar refractivity (Wildman–Crippen MR) is 98.9 cm³/mol. The van der Waals surface area contributed by atoms with E-state index in [0.29, 0.717) is 31.9 Å². The summed E-state index contributed by atoms with van der Waals surface area (Å²) in [6.07, 6.45) is 3.76. The first-order valence-corrected chi connectivity index (χ1v) is 8.55. The maximum absolute atomic E-state index is 12.4. The Kier molecular flexibility index (Phi) is 6.07. The van der Waals surface area contributed by atoms with Crippen LogP contribution in [-0.2, 0) is 9.53 Å². The fourth-order valence-electron chi connectivity index (χ4n) is 2.53. The van der Waals surface area contributed by atoms with Gasteiger partial charge < -0.3 is 20.3 Å². The fraction of sp³-hybridized carbons (Fsp3) is 0.474. The van der Waals surface area contributed by atoms with Crippen LogP contribution in [0.25, 0.3) is 6.08 Å². The molecule has 0 aromatic heterocycles. The van der Waals surface area contributed by atoms with E-state index in [0.717, 1.165) is 12.0 Å². The van der Waals surface area contributed by atoms with Crippen LogP contribution in [-0.4, -0.2) is 53.6 Å². The number of nitrogens with zero attached hydrogens (tertiary/aromatic N) is 2. The van der Waals surface area contributed by atoms with Crippen molar-refractivity contribution in [2.45, 2.75) is 32.8 Å². The van der Waals surface area contributed by atoms with E-state index in [1.807, 2.05) is 32.9 Å². The Labute approximate surface area is 149 Å². The standard InChI is InChI=1S/C19H27N3O3/c1-19(2,3)25-18(24)22-12-4-11-21(13-14-22)17(23)10-7-15-5-8-16(20)9-6-15/h5-10H,4,11-14,20H2,1-3H3/b10-7+. The molecule has 0 aliphatic carbocycles. The minimum absolute atomic E-state index is 0.0529. The van der Waals surface area contributed by atoms with Crippen molar-refractivity contribution < 1.29 is 14.3 Å². The lowest BCUT2D eigenvalue weighted by molar-refractivity contribution is -0.125. The summed E-state index contributed by atoms with van der Waals surface area (Å²) >= 11 is 0. The van der Waals surface area contributed by atoms with Crippen LogP contribution in [0.1, 0.15) is 32.8 Å². The van der Waals surface area contributed by atoms with E-state index in [1.54, 1.807) is 34.1 Å². The van der Waals surface area contributed by atoms with Crippen molar-refractivity contribution in [3.8, 4) is 0 Å². The maximum atomic E-state index is 12.4. The van der Waals surface area contributed by atoms with Gasteiger partial charge in [-0.15, -0.1) is 0 Å². The summed E-state index contributed by atoms with van der Waals surface area (Å²) in [5.74, 6) is -0.0529. The molecule has 1 aliphatic heterocycles. The largest absolute Gasteiger partial charge is 0.444 e. The highest BCUT2D eigenvalue weighted by atomic mass is 16.6. The van der Waals surface area contributed by atoms with Crippen LogP contribution in [0, 0.1) is 0 Å². The summed E-state index contributed by atoms with van der Waals surface area (Å²) in [5.41, 5.74) is 6.75. The van der Waals surface area contributed by atoms with Crippen LogP contribution < -0.4 is 5.73 Å². The number of carbonyl (C=O) groups excluding carboxylic acids is 2. The molecule has 1 heterocycles. The first-order valence-electron chi connectivity index (χ1n) is 8.55. The van der Waals surface area contributed by atoms with Gasteiger partial charge in [-0.2, -0.15) is 0 Å². The Morgan fingerprint density at radius 3 is 2.28 bits per heavy atom. The van der Waals surface area contributed by atoms with E-state index in [-0.39, 0.29) is 12.0 Å². The monoisotopic (exact) mass is 345 g/mol. The normalized spacial score (nSPS) is 16.0. The van der Waals surface area contributed by atoms with E-state index in [2.05, 4.69) is 0 Å². The third-order valence-corrected chi connectivity index (χ3v) is 3.81. The molecule has 1 fully saturated rings. The van der Waals surface area contributed by atoms with Gasteiger partial charge in [0.05, 0.1) is 0 Å². The summed E-state index contributed by atoms with van der Waals surface area (Å²) in [4.78, 5) is 28.0. The highest BCUT2D eigenvalue weighted by Gasteiger charge is 2.25. The molecule has 0 spiro atoms. The molecule has 2 N–H and O–H groups in total. The second-order valence-electron chi connectivity index (χ2n) is 7.15. The smallest absolute Gasteiger partial charge is 0.410 e. The Morgan fingerprint density at radius 1 is 1.04 bits per heavy atom. The number of nitrogens with two attached hydrogens (primary N) is 1. The number of ether oxygens (including phenoxy) is 1. The molecule has 0 radical (unpaired) electrons. The number of anilines is 1. The fourth-order valence-corrected chi connectivity index (χ4v) is 2.53. The molecule has 6 nitrogen and oxygen atoms in total. The second-order valence-corrected chi connectivity index (χ2v) is 7.15. The molecule has 136 valence electrons. The number of hydrogen-bond donors (Lipinski definition) is 1. The third kappa shape index (κ3) is 6.14. The van der Waals surface area contributed by atoms with E-state index in [9.17, 15) is 9.59 Å². The number of hydrogen-bond acceptors (Lipinski definition) is 4. The highest BCUT2D eigenvalue weighted by Crippen LogP contribution is 2.13. The van der Waals surface area contributed by atoms with E-state index >= 15 is 0 Å². The van der Waals surface area contributed by atoms with Crippen molar-refractivity contribution in [3.05, 3.63) is 35.9 Å². The molecule has 0 bridgehead atoms. The van der Waals surface area contributed by atoms with Crippen LogP contribution in [0.3, 0.4) is 0 Å². The number of rotatable bonds is 2. The van der Waals surface area contributed by atoms with Gasteiger partial charge in [0.15, 0.2) is 0 Å². The minimum atomic E-state index is -0.513.